The average molecular weight is 457 g/mol. The number of aliphatic hydroxyl groups is 1. The molecular formula is C28H28N2O4. The first-order valence-corrected chi connectivity index (χ1v) is 11.5. The summed E-state index contributed by atoms with van der Waals surface area (Å²) in [6.45, 7) is 6.80. The summed E-state index contributed by atoms with van der Waals surface area (Å²) in [7, 11) is 0. The number of carbonyl (C=O) groups is 2. The second kappa shape index (κ2) is 9.91. The lowest BCUT2D eigenvalue weighted by molar-refractivity contribution is -0.132. The molecule has 1 aliphatic rings. The van der Waals surface area contributed by atoms with Gasteiger partial charge in [-0.15, -0.1) is 0 Å². The van der Waals surface area contributed by atoms with Gasteiger partial charge in [-0.05, 0) is 72.0 Å². The number of nitrogens with zero attached hydrogens (tertiary/aromatic N) is 2. The second-order valence-corrected chi connectivity index (χ2v) is 8.57. The van der Waals surface area contributed by atoms with E-state index in [4.69, 9.17) is 4.74 Å². The molecule has 1 atom stereocenters. The number of benzene rings is 2. The molecule has 1 unspecified atom stereocenters. The van der Waals surface area contributed by atoms with E-state index >= 15 is 0 Å². The third kappa shape index (κ3) is 4.44. The maximum atomic E-state index is 13.2. The van der Waals surface area contributed by atoms with Crippen molar-refractivity contribution < 1.29 is 19.4 Å². The van der Waals surface area contributed by atoms with E-state index in [1.807, 2.05) is 31.2 Å². The van der Waals surface area contributed by atoms with E-state index in [0.29, 0.717) is 35.1 Å². The van der Waals surface area contributed by atoms with Gasteiger partial charge in [-0.3, -0.25) is 19.5 Å². The Morgan fingerprint density at radius 1 is 1.00 bits per heavy atom. The number of hydrogen-bond donors (Lipinski definition) is 1. The van der Waals surface area contributed by atoms with Crippen LogP contribution in [0.3, 0.4) is 0 Å². The SMILES string of the molecule is CCCOc1ccc(/C(O)=C2\C(=O)C(=O)N(c3ccc(C(C)C)cc3)C2c2ccncc2)cc1. The van der Waals surface area contributed by atoms with Crippen molar-refractivity contribution in [3.05, 3.63) is 95.3 Å². The van der Waals surface area contributed by atoms with E-state index < -0.39 is 17.7 Å². The molecule has 2 heterocycles. The van der Waals surface area contributed by atoms with Crippen LogP contribution in [-0.2, 0) is 9.59 Å². The van der Waals surface area contributed by atoms with E-state index in [0.717, 1.165) is 12.0 Å². The maximum absolute atomic E-state index is 13.2. The lowest BCUT2D eigenvalue weighted by Gasteiger charge is -2.25. The second-order valence-electron chi connectivity index (χ2n) is 8.57. The quantitative estimate of drug-likeness (QED) is 0.284. The third-order valence-electron chi connectivity index (χ3n) is 5.90. The predicted molar refractivity (Wildman–Crippen MR) is 132 cm³/mol. The topological polar surface area (TPSA) is 79.7 Å². The van der Waals surface area contributed by atoms with Crippen molar-refractivity contribution in [2.45, 2.75) is 39.2 Å². The molecule has 1 fully saturated rings. The van der Waals surface area contributed by atoms with E-state index in [1.54, 1.807) is 48.8 Å². The van der Waals surface area contributed by atoms with Gasteiger partial charge in [0.2, 0.25) is 0 Å². The van der Waals surface area contributed by atoms with E-state index in [-0.39, 0.29) is 11.3 Å². The molecule has 1 amide bonds. The van der Waals surface area contributed by atoms with Crippen LogP contribution in [0, 0.1) is 0 Å². The molecule has 1 aliphatic heterocycles. The van der Waals surface area contributed by atoms with Crippen LogP contribution in [-0.4, -0.2) is 28.4 Å². The van der Waals surface area contributed by atoms with Crippen molar-refractivity contribution in [2.24, 2.45) is 0 Å². The first-order valence-electron chi connectivity index (χ1n) is 11.5. The summed E-state index contributed by atoms with van der Waals surface area (Å²) in [5, 5.41) is 11.2. The van der Waals surface area contributed by atoms with Crippen LogP contribution in [0.1, 0.15) is 55.8 Å². The zero-order valence-electron chi connectivity index (χ0n) is 19.6. The predicted octanol–water partition coefficient (Wildman–Crippen LogP) is 5.62. The number of anilines is 1. The summed E-state index contributed by atoms with van der Waals surface area (Å²) in [6.07, 6.45) is 4.10. The zero-order valence-corrected chi connectivity index (χ0v) is 19.6. The van der Waals surface area contributed by atoms with Crippen molar-refractivity contribution in [1.29, 1.82) is 0 Å². The highest BCUT2D eigenvalue weighted by molar-refractivity contribution is 6.51. The van der Waals surface area contributed by atoms with Crippen LogP contribution in [0.4, 0.5) is 5.69 Å². The van der Waals surface area contributed by atoms with Gasteiger partial charge < -0.3 is 9.84 Å². The number of aromatic nitrogens is 1. The first-order chi connectivity index (χ1) is 16.4. The average Bonchev–Trinajstić information content (AvgIpc) is 3.13. The van der Waals surface area contributed by atoms with Crippen molar-refractivity contribution in [3.8, 4) is 5.75 Å². The van der Waals surface area contributed by atoms with Crippen LogP contribution < -0.4 is 9.64 Å². The number of aliphatic hydroxyl groups excluding tert-OH is 1. The van der Waals surface area contributed by atoms with Crippen LogP contribution in [0.2, 0.25) is 0 Å². The third-order valence-corrected chi connectivity index (χ3v) is 5.90. The molecule has 6 nitrogen and oxygen atoms in total. The molecule has 34 heavy (non-hydrogen) atoms. The van der Waals surface area contributed by atoms with Crippen molar-refractivity contribution >= 4 is 23.1 Å². The Hall–Kier alpha value is -3.93. The fraction of sp³-hybridized carbons (Fsp3) is 0.250. The summed E-state index contributed by atoms with van der Waals surface area (Å²) in [6, 6.07) is 17.2. The van der Waals surface area contributed by atoms with Gasteiger partial charge in [-0.25, -0.2) is 0 Å². The standard InChI is InChI=1S/C28H28N2O4/c1-4-17-34-23-11-7-21(8-12-23)26(31)24-25(20-13-15-29-16-14-20)30(28(33)27(24)32)22-9-5-19(6-10-22)18(2)3/h5-16,18,25,31H,4,17H2,1-3H3/b26-24+. The molecule has 0 aliphatic carbocycles. The maximum Gasteiger partial charge on any atom is 0.300 e. The summed E-state index contributed by atoms with van der Waals surface area (Å²) in [5.41, 5.74) is 2.90. The smallest absolute Gasteiger partial charge is 0.300 e. The Bertz CT molecular complexity index is 1200. The lowest BCUT2D eigenvalue weighted by Crippen LogP contribution is -2.29. The molecule has 0 bridgehead atoms. The zero-order chi connectivity index (χ0) is 24.2. The molecular weight excluding hydrogens is 428 g/mol. The molecule has 3 aromatic rings. The monoisotopic (exact) mass is 456 g/mol. The highest BCUT2D eigenvalue weighted by atomic mass is 16.5. The number of amides is 1. The van der Waals surface area contributed by atoms with E-state index in [9.17, 15) is 14.7 Å². The fourth-order valence-electron chi connectivity index (χ4n) is 4.06. The number of pyridine rings is 1. The summed E-state index contributed by atoms with van der Waals surface area (Å²) < 4.78 is 5.61. The van der Waals surface area contributed by atoms with Gasteiger partial charge in [0, 0.05) is 23.6 Å². The van der Waals surface area contributed by atoms with Crippen LogP contribution >= 0.6 is 0 Å². The molecule has 6 heteroatoms. The first kappa shape index (κ1) is 23.2. The minimum atomic E-state index is -0.774. The largest absolute Gasteiger partial charge is 0.507 e. The molecule has 1 saturated heterocycles. The highest BCUT2D eigenvalue weighted by Crippen LogP contribution is 2.42. The number of Topliss-reactive ketones (excluding diaryl/α,β-unsaturated/α-hetero) is 1. The number of ketones is 1. The molecule has 174 valence electrons. The van der Waals surface area contributed by atoms with Crippen LogP contribution in [0.25, 0.3) is 5.76 Å². The molecule has 1 N–H and O–H groups in total. The van der Waals surface area contributed by atoms with E-state index in [2.05, 4.69) is 18.8 Å². The van der Waals surface area contributed by atoms with Gasteiger partial charge in [0.1, 0.15) is 11.5 Å². The van der Waals surface area contributed by atoms with Gasteiger partial charge in [-0.2, -0.15) is 0 Å². The summed E-state index contributed by atoms with van der Waals surface area (Å²) in [4.78, 5) is 32.0. The Labute approximate surface area is 199 Å². The minimum Gasteiger partial charge on any atom is -0.507 e. The van der Waals surface area contributed by atoms with Gasteiger partial charge in [0.15, 0.2) is 0 Å². The Kier molecular flexibility index (Phi) is 6.77. The number of rotatable bonds is 7. The number of carbonyl (C=O) groups excluding carboxylic acids is 2. The Balaban J connectivity index is 1.81. The van der Waals surface area contributed by atoms with Gasteiger partial charge in [0.05, 0.1) is 18.2 Å². The highest BCUT2D eigenvalue weighted by Gasteiger charge is 2.46. The fourth-order valence-corrected chi connectivity index (χ4v) is 4.06. The molecule has 4 rings (SSSR count). The van der Waals surface area contributed by atoms with E-state index in [1.165, 1.54) is 4.90 Å². The summed E-state index contributed by atoms with van der Waals surface area (Å²) in [5.74, 6) is -0.606. The van der Waals surface area contributed by atoms with Crippen LogP contribution in [0.15, 0.2) is 78.6 Å². The molecule has 0 spiro atoms. The van der Waals surface area contributed by atoms with Crippen molar-refractivity contribution in [3.63, 3.8) is 0 Å². The minimum absolute atomic E-state index is 0.0476. The number of hydrogen-bond acceptors (Lipinski definition) is 5. The molecule has 0 radical (unpaired) electrons. The Morgan fingerprint density at radius 2 is 1.65 bits per heavy atom. The summed E-state index contributed by atoms with van der Waals surface area (Å²) >= 11 is 0. The van der Waals surface area contributed by atoms with Gasteiger partial charge in [-0.1, -0.05) is 32.9 Å². The van der Waals surface area contributed by atoms with Gasteiger partial charge in [0.25, 0.3) is 11.7 Å². The molecule has 0 saturated carbocycles. The number of ether oxygens (including phenoxy) is 1. The van der Waals surface area contributed by atoms with Crippen molar-refractivity contribution in [2.75, 3.05) is 11.5 Å². The van der Waals surface area contributed by atoms with Crippen LogP contribution in [0.5, 0.6) is 5.75 Å². The lowest BCUT2D eigenvalue weighted by atomic mass is 9.95. The van der Waals surface area contributed by atoms with Crippen molar-refractivity contribution in [1.82, 2.24) is 4.98 Å². The molecule has 2 aromatic carbocycles. The normalized spacial score (nSPS) is 17.4. The van der Waals surface area contributed by atoms with Gasteiger partial charge >= 0.3 is 0 Å². The Morgan fingerprint density at radius 3 is 2.24 bits per heavy atom. The molecule has 1 aromatic heterocycles.